The standard InChI is InChI=1S/C13H17ClFN3O2/c1-17(2)13(20)8-18(3)7-12(19)16-11-5-4-9(15)6-10(11)14/h4-6H,7-8H2,1-3H3,(H,16,19). The van der Waals surface area contributed by atoms with Gasteiger partial charge in [0.1, 0.15) is 5.82 Å². The summed E-state index contributed by atoms with van der Waals surface area (Å²) in [5.41, 5.74) is 0.338. The fraction of sp³-hybridized carbons (Fsp3) is 0.385. The Morgan fingerprint density at radius 1 is 1.25 bits per heavy atom. The van der Waals surface area contributed by atoms with Crippen LogP contribution in [-0.4, -0.2) is 55.8 Å². The molecule has 5 nitrogen and oxygen atoms in total. The van der Waals surface area contributed by atoms with E-state index >= 15 is 0 Å². The average Bonchev–Trinajstić information content (AvgIpc) is 2.32. The molecule has 2 amide bonds. The van der Waals surface area contributed by atoms with E-state index in [9.17, 15) is 14.0 Å². The van der Waals surface area contributed by atoms with E-state index in [0.717, 1.165) is 6.07 Å². The predicted molar refractivity (Wildman–Crippen MR) is 76.2 cm³/mol. The number of anilines is 1. The number of hydrogen-bond acceptors (Lipinski definition) is 3. The summed E-state index contributed by atoms with van der Waals surface area (Å²) in [6.45, 7) is 0.171. The highest BCUT2D eigenvalue weighted by molar-refractivity contribution is 6.33. The monoisotopic (exact) mass is 301 g/mol. The Hall–Kier alpha value is -1.66. The van der Waals surface area contributed by atoms with Crippen molar-refractivity contribution in [3.05, 3.63) is 29.0 Å². The first-order valence-corrected chi connectivity index (χ1v) is 6.31. The number of carbonyl (C=O) groups excluding carboxylic acids is 2. The van der Waals surface area contributed by atoms with Crippen LogP contribution in [0.4, 0.5) is 10.1 Å². The second-order valence-corrected chi connectivity index (χ2v) is 5.04. The Labute approximate surface area is 122 Å². The van der Waals surface area contributed by atoms with E-state index in [1.807, 2.05) is 0 Å². The third-order valence-electron chi connectivity index (χ3n) is 2.52. The van der Waals surface area contributed by atoms with Gasteiger partial charge in [0, 0.05) is 14.1 Å². The normalized spacial score (nSPS) is 10.5. The van der Waals surface area contributed by atoms with Gasteiger partial charge in [-0.3, -0.25) is 14.5 Å². The number of likely N-dealkylation sites (N-methyl/N-ethyl adjacent to an activating group) is 2. The summed E-state index contributed by atoms with van der Waals surface area (Å²) in [5, 5.41) is 2.70. The molecule has 0 saturated carbocycles. The van der Waals surface area contributed by atoms with Crippen molar-refractivity contribution in [3.8, 4) is 0 Å². The summed E-state index contributed by atoms with van der Waals surface area (Å²) in [7, 11) is 4.95. The molecule has 110 valence electrons. The Morgan fingerprint density at radius 2 is 1.90 bits per heavy atom. The molecule has 0 aliphatic carbocycles. The van der Waals surface area contributed by atoms with Crippen LogP contribution in [0.5, 0.6) is 0 Å². The molecule has 0 saturated heterocycles. The molecule has 0 heterocycles. The van der Waals surface area contributed by atoms with Crippen molar-refractivity contribution in [1.29, 1.82) is 0 Å². The van der Waals surface area contributed by atoms with Gasteiger partial charge in [-0.1, -0.05) is 11.6 Å². The molecule has 0 aliphatic heterocycles. The molecule has 7 heteroatoms. The lowest BCUT2D eigenvalue weighted by atomic mass is 10.3. The molecule has 0 radical (unpaired) electrons. The largest absolute Gasteiger partial charge is 0.348 e. The molecule has 0 fully saturated rings. The molecular weight excluding hydrogens is 285 g/mol. The van der Waals surface area contributed by atoms with Crippen LogP contribution in [0.15, 0.2) is 18.2 Å². The topological polar surface area (TPSA) is 52.7 Å². The first-order valence-electron chi connectivity index (χ1n) is 5.93. The van der Waals surface area contributed by atoms with E-state index in [4.69, 9.17) is 11.6 Å². The van der Waals surface area contributed by atoms with Gasteiger partial charge in [0.25, 0.3) is 0 Å². The number of halogens is 2. The highest BCUT2D eigenvalue weighted by Gasteiger charge is 2.13. The second kappa shape index (κ2) is 7.21. The first-order chi connectivity index (χ1) is 9.29. The lowest BCUT2D eigenvalue weighted by molar-refractivity contribution is -0.130. The van der Waals surface area contributed by atoms with Gasteiger partial charge in [-0.2, -0.15) is 0 Å². The maximum absolute atomic E-state index is 12.9. The molecule has 0 atom stereocenters. The number of nitrogens with one attached hydrogen (secondary N) is 1. The van der Waals surface area contributed by atoms with E-state index < -0.39 is 5.82 Å². The smallest absolute Gasteiger partial charge is 0.238 e. The number of hydrogen-bond donors (Lipinski definition) is 1. The van der Waals surface area contributed by atoms with Crippen molar-refractivity contribution >= 4 is 29.1 Å². The molecular formula is C13H17ClFN3O2. The fourth-order valence-corrected chi connectivity index (χ4v) is 1.67. The molecule has 0 unspecified atom stereocenters. The maximum Gasteiger partial charge on any atom is 0.238 e. The summed E-state index contributed by atoms with van der Waals surface area (Å²) in [5.74, 6) is -0.894. The minimum absolute atomic E-state index is 0.0350. The molecule has 1 N–H and O–H groups in total. The predicted octanol–water partition coefficient (Wildman–Crippen LogP) is 1.44. The third kappa shape index (κ3) is 5.14. The minimum atomic E-state index is -0.471. The zero-order chi connectivity index (χ0) is 15.3. The number of rotatable bonds is 5. The first kappa shape index (κ1) is 16.4. The quantitative estimate of drug-likeness (QED) is 0.895. The highest BCUT2D eigenvalue weighted by Crippen LogP contribution is 2.22. The van der Waals surface area contributed by atoms with Gasteiger partial charge in [-0.05, 0) is 25.2 Å². The van der Waals surface area contributed by atoms with Gasteiger partial charge in [-0.25, -0.2) is 4.39 Å². The van der Waals surface area contributed by atoms with Gasteiger partial charge in [0.15, 0.2) is 0 Å². The van der Waals surface area contributed by atoms with E-state index in [2.05, 4.69) is 5.32 Å². The molecule has 1 aromatic carbocycles. The van der Waals surface area contributed by atoms with Crippen molar-refractivity contribution in [2.45, 2.75) is 0 Å². The Kier molecular flexibility index (Phi) is 5.91. The number of nitrogens with zero attached hydrogens (tertiary/aromatic N) is 2. The Balaban J connectivity index is 2.53. The van der Waals surface area contributed by atoms with Gasteiger partial charge >= 0.3 is 0 Å². The Bertz CT molecular complexity index is 508. The van der Waals surface area contributed by atoms with Crippen molar-refractivity contribution in [3.63, 3.8) is 0 Å². The summed E-state index contributed by atoms with van der Waals surface area (Å²) in [6, 6.07) is 3.72. The van der Waals surface area contributed by atoms with E-state index in [1.54, 1.807) is 26.0 Å². The van der Waals surface area contributed by atoms with E-state index in [1.165, 1.54) is 17.0 Å². The zero-order valence-corrected chi connectivity index (χ0v) is 12.4. The zero-order valence-electron chi connectivity index (χ0n) is 11.6. The number of benzene rings is 1. The van der Waals surface area contributed by atoms with E-state index in [0.29, 0.717) is 5.69 Å². The van der Waals surface area contributed by atoms with Crippen molar-refractivity contribution in [1.82, 2.24) is 9.80 Å². The molecule has 0 bridgehead atoms. The maximum atomic E-state index is 12.9. The van der Waals surface area contributed by atoms with Crippen molar-refractivity contribution in [2.75, 3.05) is 39.5 Å². The summed E-state index contributed by atoms with van der Waals surface area (Å²) < 4.78 is 12.9. The van der Waals surface area contributed by atoms with Crippen LogP contribution in [0.2, 0.25) is 5.02 Å². The van der Waals surface area contributed by atoms with E-state index in [-0.39, 0.29) is 29.9 Å². The molecule has 20 heavy (non-hydrogen) atoms. The minimum Gasteiger partial charge on any atom is -0.348 e. The van der Waals surface area contributed by atoms with Crippen LogP contribution in [0.1, 0.15) is 0 Å². The molecule has 0 spiro atoms. The summed E-state index contributed by atoms with van der Waals surface area (Å²) in [6.07, 6.45) is 0. The van der Waals surface area contributed by atoms with Crippen LogP contribution in [-0.2, 0) is 9.59 Å². The van der Waals surface area contributed by atoms with Crippen LogP contribution >= 0.6 is 11.6 Å². The molecule has 1 aromatic rings. The molecule has 0 aromatic heterocycles. The lowest BCUT2D eigenvalue weighted by Gasteiger charge is -2.18. The lowest BCUT2D eigenvalue weighted by Crippen LogP contribution is -2.38. The van der Waals surface area contributed by atoms with Crippen molar-refractivity contribution in [2.24, 2.45) is 0 Å². The van der Waals surface area contributed by atoms with Gasteiger partial charge in [0.2, 0.25) is 11.8 Å². The van der Waals surface area contributed by atoms with Crippen LogP contribution in [0.3, 0.4) is 0 Å². The second-order valence-electron chi connectivity index (χ2n) is 4.63. The number of amides is 2. The third-order valence-corrected chi connectivity index (χ3v) is 2.84. The highest BCUT2D eigenvalue weighted by atomic mass is 35.5. The number of carbonyl (C=O) groups is 2. The SMILES string of the molecule is CN(CC(=O)Nc1ccc(F)cc1Cl)CC(=O)N(C)C. The van der Waals surface area contributed by atoms with Crippen molar-refractivity contribution < 1.29 is 14.0 Å². The fourth-order valence-electron chi connectivity index (χ4n) is 1.45. The summed E-state index contributed by atoms with van der Waals surface area (Å²) >= 11 is 5.81. The van der Waals surface area contributed by atoms with Gasteiger partial charge in [0.05, 0.1) is 23.8 Å². The van der Waals surface area contributed by atoms with Gasteiger partial charge in [-0.15, -0.1) is 0 Å². The Morgan fingerprint density at radius 3 is 2.45 bits per heavy atom. The van der Waals surface area contributed by atoms with Gasteiger partial charge < -0.3 is 10.2 Å². The molecule has 1 rings (SSSR count). The summed E-state index contributed by atoms with van der Waals surface area (Å²) in [4.78, 5) is 26.3. The average molecular weight is 302 g/mol. The molecule has 0 aliphatic rings. The van der Waals surface area contributed by atoms with Crippen LogP contribution in [0.25, 0.3) is 0 Å². The van der Waals surface area contributed by atoms with Crippen LogP contribution < -0.4 is 5.32 Å². The van der Waals surface area contributed by atoms with Crippen LogP contribution in [0, 0.1) is 5.82 Å².